The molecule has 0 bridgehead atoms. The zero-order valence-corrected chi connectivity index (χ0v) is 12.0. The average molecular weight is 305 g/mol. The van der Waals surface area contributed by atoms with E-state index in [0.717, 1.165) is 0 Å². The molecule has 116 valence electrons. The van der Waals surface area contributed by atoms with E-state index in [2.05, 4.69) is 5.32 Å². The second-order valence-corrected chi connectivity index (χ2v) is 4.32. The summed E-state index contributed by atoms with van der Waals surface area (Å²) in [5.74, 6) is 0.0344. The molecule has 1 heterocycles. The van der Waals surface area contributed by atoms with Gasteiger partial charge >= 0.3 is 0 Å². The molecule has 0 fully saturated rings. The normalized spacial score (nSPS) is 10.8. The fraction of sp³-hybridized carbons (Fsp3) is 0.188. The number of furan rings is 1. The summed E-state index contributed by atoms with van der Waals surface area (Å²) in [6, 6.07) is 7.34. The van der Waals surface area contributed by atoms with Gasteiger partial charge in [-0.2, -0.15) is 0 Å². The minimum absolute atomic E-state index is 0.255. The first kappa shape index (κ1) is 15.8. The van der Waals surface area contributed by atoms with E-state index in [4.69, 9.17) is 13.9 Å². The number of carbonyl (C=O) groups is 1. The van der Waals surface area contributed by atoms with Crippen LogP contribution < -0.4 is 10.1 Å². The first-order valence-corrected chi connectivity index (χ1v) is 6.63. The number of methoxy groups -OCH3 is 1. The number of anilines is 1. The zero-order chi connectivity index (χ0) is 15.8. The summed E-state index contributed by atoms with van der Waals surface area (Å²) in [5.41, 5.74) is 0.255. The summed E-state index contributed by atoms with van der Waals surface area (Å²) in [5, 5.41) is 2.57. The van der Waals surface area contributed by atoms with Gasteiger partial charge in [0, 0.05) is 19.3 Å². The summed E-state index contributed by atoms with van der Waals surface area (Å²) in [7, 11) is 1.55. The van der Waals surface area contributed by atoms with Gasteiger partial charge in [-0.15, -0.1) is 0 Å². The van der Waals surface area contributed by atoms with Crippen LogP contribution in [0.25, 0.3) is 6.08 Å². The van der Waals surface area contributed by atoms with E-state index in [-0.39, 0.29) is 5.69 Å². The molecule has 6 heteroatoms. The van der Waals surface area contributed by atoms with Gasteiger partial charge in [-0.3, -0.25) is 4.79 Å². The highest BCUT2D eigenvalue weighted by molar-refractivity contribution is 6.02. The van der Waals surface area contributed by atoms with Crippen molar-refractivity contribution in [1.29, 1.82) is 0 Å². The van der Waals surface area contributed by atoms with Gasteiger partial charge in [0.1, 0.15) is 23.9 Å². The van der Waals surface area contributed by atoms with E-state index in [1.165, 1.54) is 36.6 Å². The molecule has 0 saturated carbocycles. The molecule has 0 aliphatic carbocycles. The van der Waals surface area contributed by atoms with Gasteiger partial charge in [-0.25, -0.2) is 4.39 Å². The number of benzene rings is 1. The topological polar surface area (TPSA) is 60.7 Å². The molecule has 0 radical (unpaired) electrons. The first-order valence-electron chi connectivity index (χ1n) is 6.63. The summed E-state index contributed by atoms with van der Waals surface area (Å²) >= 11 is 0. The highest BCUT2D eigenvalue weighted by Crippen LogP contribution is 2.25. The molecular formula is C16H16FNO4. The molecular weight excluding hydrogens is 289 g/mol. The molecule has 0 atom stereocenters. The number of hydrogen-bond acceptors (Lipinski definition) is 4. The molecule has 0 aliphatic heterocycles. The van der Waals surface area contributed by atoms with Gasteiger partial charge < -0.3 is 19.2 Å². The van der Waals surface area contributed by atoms with Crippen molar-refractivity contribution in [2.75, 3.05) is 25.6 Å². The monoisotopic (exact) mass is 305 g/mol. The molecule has 1 aromatic heterocycles. The summed E-state index contributed by atoms with van der Waals surface area (Å²) in [6.45, 7) is 0.691. The predicted molar refractivity (Wildman–Crippen MR) is 80.1 cm³/mol. The van der Waals surface area contributed by atoms with Crippen molar-refractivity contribution >= 4 is 17.7 Å². The summed E-state index contributed by atoms with van der Waals surface area (Å²) in [6.07, 6.45) is 4.31. The molecule has 2 rings (SSSR count). The van der Waals surface area contributed by atoms with Gasteiger partial charge in [-0.05, 0) is 30.3 Å². The Morgan fingerprint density at radius 3 is 2.95 bits per heavy atom. The molecule has 5 nitrogen and oxygen atoms in total. The minimum Gasteiger partial charge on any atom is -0.489 e. The highest BCUT2D eigenvalue weighted by atomic mass is 19.1. The summed E-state index contributed by atoms with van der Waals surface area (Å²) < 4.78 is 28.7. The molecule has 22 heavy (non-hydrogen) atoms. The lowest BCUT2D eigenvalue weighted by atomic mass is 10.2. The van der Waals surface area contributed by atoms with Gasteiger partial charge in [0.2, 0.25) is 5.91 Å². The fourth-order valence-corrected chi connectivity index (χ4v) is 1.68. The maximum atomic E-state index is 13.3. The van der Waals surface area contributed by atoms with Crippen molar-refractivity contribution in [3.05, 3.63) is 54.2 Å². The quantitative estimate of drug-likeness (QED) is 0.631. The van der Waals surface area contributed by atoms with E-state index < -0.39 is 11.7 Å². The van der Waals surface area contributed by atoms with Crippen LogP contribution in [-0.2, 0) is 9.53 Å². The Bertz CT molecular complexity index is 638. The Balaban J connectivity index is 2.03. The van der Waals surface area contributed by atoms with E-state index in [1.807, 2.05) is 0 Å². The Hall–Kier alpha value is -2.60. The SMILES string of the molecule is COCCOc1ccc(F)cc1NC(=O)C=Cc1ccco1. The van der Waals surface area contributed by atoms with Crippen molar-refractivity contribution in [3.63, 3.8) is 0 Å². The molecule has 1 aromatic carbocycles. The zero-order valence-electron chi connectivity index (χ0n) is 12.0. The number of ether oxygens (including phenoxy) is 2. The Labute approximate surface area is 127 Å². The first-order chi connectivity index (χ1) is 10.7. The number of halogens is 1. The maximum Gasteiger partial charge on any atom is 0.248 e. The van der Waals surface area contributed by atoms with Gasteiger partial charge in [0.05, 0.1) is 18.6 Å². The number of hydrogen-bond donors (Lipinski definition) is 1. The highest BCUT2D eigenvalue weighted by Gasteiger charge is 2.08. The lowest BCUT2D eigenvalue weighted by Crippen LogP contribution is -2.11. The third kappa shape index (κ3) is 4.75. The van der Waals surface area contributed by atoms with Crippen LogP contribution >= 0.6 is 0 Å². The van der Waals surface area contributed by atoms with Crippen LogP contribution in [0.2, 0.25) is 0 Å². The van der Waals surface area contributed by atoms with Crippen LogP contribution in [0.15, 0.2) is 47.1 Å². The standard InChI is InChI=1S/C16H16FNO4/c1-20-9-10-22-15-6-4-12(17)11-14(15)18-16(19)7-5-13-3-2-8-21-13/h2-8,11H,9-10H2,1H3,(H,18,19). The fourth-order valence-electron chi connectivity index (χ4n) is 1.68. The van der Waals surface area contributed by atoms with Crippen LogP contribution in [0.3, 0.4) is 0 Å². The van der Waals surface area contributed by atoms with Crippen molar-refractivity contribution in [3.8, 4) is 5.75 Å². The maximum absolute atomic E-state index is 13.3. The van der Waals surface area contributed by atoms with E-state index >= 15 is 0 Å². The van der Waals surface area contributed by atoms with E-state index in [0.29, 0.717) is 24.7 Å². The summed E-state index contributed by atoms with van der Waals surface area (Å²) in [4.78, 5) is 11.9. The van der Waals surface area contributed by atoms with Crippen molar-refractivity contribution in [2.45, 2.75) is 0 Å². The molecule has 0 aliphatic rings. The largest absolute Gasteiger partial charge is 0.489 e. The van der Waals surface area contributed by atoms with E-state index in [9.17, 15) is 9.18 Å². The van der Waals surface area contributed by atoms with Crippen molar-refractivity contribution < 1.29 is 23.1 Å². The van der Waals surface area contributed by atoms with Gasteiger partial charge in [0.25, 0.3) is 0 Å². The predicted octanol–water partition coefficient (Wildman–Crippen LogP) is 3.10. The Morgan fingerprint density at radius 2 is 2.23 bits per heavy atom. The van der Waals surface area contributed by atoms with Crippen molar-refractivity contribution in [1.82, 2.24) is 0 Å². The Kier molecular flexibility index (Phi) is 5.73. The molecule has 0 saturated heterocycles. The smallest absolute Gasteiger partial charge is 0.248 e. The third-order valence-electron chi connectivity index (χ3n) is 2.69. The second-order valence-electron chi connectivity index (χ2n) is 4.32. The van der Waals surface area contributed by atoms with Crippen LogP contribution in [-0.4, -0.2) is 26.2 Å². The van der Waals surface area contributed by atoms with Crippen LogP contribution in [0.1, 0.15) is 5.76 Å². The molecule has 0 unspecified atom stereocenters. The van der Waals surface area contributed by atoms with Crippen LogP contribution in [0, 0.1) is 5.82 Å². The van der Waals surface area contributed by atoms with Crippen LogP contribution in [0.4, 0.5) is 10.1 Å². The number of rotatable bonds is 7. The lowest BCUT2D eigenvalue weighted by molar-refractivity contribution is -0.111. The van der Waals surface area contributed by atoms with Gasteiger partial charge in [0.15, 0.2) is 0 Å². The minimum atomic E-state index is -0.468. The van der Waals surface area contributed by atoms with Gasteiger partial charge in [-0.1, -0.05) is 0 Å². The lowest BCUT2D eigenvalue weighted by Gasteiger charge is -2.11. The number of amides is 1. The molecule has 1 amide bonds. The third-order valence-corrected chi connectivity index (χ3v) is 2.69. The number of carbonyl (C=O) groups excluding carboxylic acids is 1. The van der Waals surface area contributed by atoms with Crippen molar-refractivity contribution in [2.24, 2.45) is 0 Å². The molecule has 1 N–H and O–H groups in total. The second kappa shape index (κ2) is 7.99. The van der Waals surface area contributed by atoms with Crippen LogP contribution in [0.5, 0.6) is 5.75 Å². The van der Waals surface area contributed by atoms with E-state index in [1.54, 1.807) is 19.2 Å². The molecule has 2 aromatic rings. The number of nitrogens with one attached hydrogen (secondary N) is 1. The Morgan fingerprint density at radius 1 is 1.36 bits per heavy atom. The molecule has 0 spiro atoms. The average Bonchev–Trinajstić information content (AvgIpc) is 3.01.